The van der Waals surface area contributed by atoms with E-state index in [-0.39, 0.29) is 23.4 Å². The SMILES string of the molecule is COc1cc(C(=O)O)c(CN)cc1C#N. The van der Waals surface area contributed by atoms with Crippen LogP contribution in [0.1, 0.15) is 21.5 Å². The molecule has 0 bridgehead atoms. The number of rotatable bonds is 3. The predicted octanol–water partition coefficient (Wildman–Crippen LogP) is 0.724. The average molecular weight is 206 g/mol. The summed E-state index contributed by atoms with van der Waals surface area (Å²) in [6.07, 6.45) is 0. The Hall–Kier alpha value is -2.06. The molecule has 0 amide bonds. The molecule has 0 aromatic heterocycles. The Bertz CT molecular complexity index is 435. The van der Waals surface area contributed by atoms with Crippen LogP contribution in [-0.4, -0.2) is 18.2 Å². The number of nitrogens with zero attached hydrogens (tertiary/aromatic N) is 1. The van der Waals surface area contributed by atoms with Crippen molar-refractivity contribution in [3.8, 4) is 11.8 Å². The molecule has 5 nitrogen and oxygen atoms in total. The van der Waals surface area contributed by atoms with Crippen LogP contribution in [0, 0.1) is 11.3 Å². The number of benzene rings is 1. The number of carbonyl (C=O) groups is 1. The molecule has 0 fully saturated rings. The third kappa shape index (κ3) is 2.06. The first-order chi connectivity index (χ1) is 7.13. The summed E-state index contributed by atoms with van der Waals surface area (Å²) in [4.78, 5) is 10.9. The van der Waals surface area contributed by atoms with Gasteiger partial charge in [-0.1, -0.05) is 0 Å². The Balaban J connectivity index is 3.42. The van der Waals surface area contributed by atoms with Crippen molar-refractivity contribution >= 4 is 5.97 Å². The second kappa shape index (κ2) is 4.44. The lowest BCUT2D eigenvalue weighted by Gasteiger charge is -2.08. The Morgan fingerprint density at radius 2 is 2.33 bits per heavy atom. The number of hydrogen-bond donors (Lipinski definition) is 2. The van der Waals surface area contributed by atoms with Crippen LogP contribution in [0.2, 0.25) is 0 Å². The number of nitrogens with two attached hydrogens (primary N) is 1. The zero-order chi connectivity index (χ0) is 11.4. The first-order valence-electron chi connectivity index (χ1n) is 4.18. The minimum absolute atomic E-state index is 0.0633. The third-order valence-electron chi connectivity index (χ3n) is 2.00. The smallest absolute Gasteiger partial charge is 0.336 e. The summed E-state index contributed by atoms with van der Waals surface area (Å²) in [7, 11) is 1.38. The predicted molar refractivity (Wildman–Crippen MR) is 52.6 cm³/mol. The largest absolute Gasteiger partial charge is 0.495 e. The van der Waals surface area contributed by atoms with Gasteiger partial charge in [0.1, 0.15) is 11.8 Å². The zero-order valence-corrected chi connectivity index (χ0v) is 8.15. The van der Waals surface area contributed by atoms with Crippen LogP contribution in [0.3, 0.4) is 0 Å². The van der Waals surface area contributed by atoms with Gasteiger partial charge in [-0.3, -0.25) is 0 Å². The Labute approximate surface area is 86.7 Å². The van der Waals surface area contributed by atoms with E-state index in [2.05, 4.69) is 0 Å². The monoisotopic (exact) mass is 206 g/mol. The molecule has 0 saturated heterocycles. The number of carboxylic acids is 1. The van der Waals surface area contributed by atoms with Gasteiger partial charge in [0.2, 0.25) is 0 Å². The highest BCUT2D eigenvalue weighted by Gasteiger charge is 2.14. The van der Waals surface area contributed by atoms with E-state index >= 15 is 0 Å². The van der Waals surface area contributed by atoms with Gasteiger partial charge in [-0.15, -0.1) is 0 Å². The summed E-state index contributed by atoms with van der Waals surface area (Å²) >= 11 is 0. The molecular formula is C10H10N2O3. The normalized spacial score (nSPS) is 9.40. The van der Waals surface area contributed by atoms with E-state index in [1.807, 2.05) is 6.07 Å². The quantitative estimate of drug-likeness (QED) is 0.759. The van der Waals surface area contributed by atoms with Crippen molar-refractivity contribution < 1.29 is 14.6 Å². The fraction of sp³-hybridized carbons (Fsp3) is 0.200. The van der Waals surface area contributed by atoms with Crippen LogP contribution in [-0.2, 0) is 6.54 Å². The molecule has 3 N–H and O–H groups in total. The van der Waals surface area contributed by atoms with Crippen LogP contribution < -0.4 is 10.5 Å². The summed E-state index contributed by atoms with van der Waals surface area (Å²) < 4.78 is 4.90. The molecule has 1 rings (SSSR count). The highest BCUT2D eigenvalue weighted by Crippen LogP contribution is 2.23. The van der Waals surface area contributed by atoms with Crippen molar-refractivity contribution in [3.63, 3.8) is 0 Å². The molecule has 0 radical (unpaired) electrons. The molecule has 1 aromatic rings. The number of aromatic carboxylic acids is 1. The molecule has 15 heavy (non-hydrogen) atoms. The Kier molecular flexibility index (Phi) is 3.26. The molecule has 0 aliphatic heterocycles. The first-order valence-corrected chi connectivity index (χ1v) is 4.18. The number of nitriles is 1. The van der Waals surface area contributed by atoms with Crippen molar-refractivity contribution in [1.29, 1.82) is 5.26 Å². The van der Waals surface area contributed by atoms with Crippen LogP contribution in [0.5, 0.6) is 5.75 Å². The van der Waals surface area contributed by atoms with Crippen molar-refractivity contribution in [3.05, 3.63) is 28.8 Å². The molecule has 5 heteroatoms. The Morgan fingerprint density at radius 3 is 2.73 bits per heavy atom. The van der Waals surface area contributed by atoms with E-state index in [0.29, 0.717) is 5.56 Å². The molecule has 1 aromatic carbocycles. The fourth-order valence-corrected chi connectivity index (χ4v) is 1.25. The Morgan fingerprint density at radius 1 is 1.67 bits per heavy atom. The fourth-order valence-electron chi connectivity index (χ4n) is 1.25. The molecule has 0 saturated carbocycles. The standard InChI is InChI=1S/C10H10N2O3/c1-15-9-3-8(10(13)14)6(4-11)2-7(9)5-12/h2-3H,4,11H2,1H3,(H,13,14). The minimum Gasteiger partial charge on any atom is -0.495 e. The van der Waals surface area contributed by atoms with E-state index in [0.717, 1.165) is 0 Å². The molecule has 0 spiro atoms. The summed E-state index contributed by atoms with van der Waals surface area (Å²) in [5.41, 5.74) is 6.15. The van der Waals surface area contributed by atoms with Gasteiger partial charge in [0.25, 0.3) is 0 Å². The maximum atomic E-state index is 10.9. The molecule has 78 valence electrons. The van der Waals surface area contributed by atoms with Gasteiger partial charge in [-0.2, -0.15) is 5.26 Å². The molecule has 0 heterocycles. The molecule has 0 aliphatic carbocycles. The summed E-state index contributed by atoms with van der Waals surface area (Å²) in [5, 5.41) is 17.7. The van der Waals surface area contributed by atoms with Gasteiger partial charge >= 0.3 is 5.97 Å². The minimum atomic E-state index is -1.08. The summed E-state index contributed by atoms with van der Waals surface area (Å²) in [6, 6.07) is 4.66. The summed E-state index contributed by atoms with van der Waals surface area (Å²) in [5.74, 6) is -0.842. The van der Waals surface area contributed by atoms with Crippen LogP contribution in [0.25, 0.3) is 0 Å². The van der Waals surface area contributed by atoms with Gasteiger partial charge in [0.15, 0.2) is 0 Å². The molecule has 0 unspecified atom stereocenters. The molecule has 0 atom stereocenters. The maximum Gasteiger partial charge on any atom is 0.336 e. The van der Waals surface area contributed by atoms with Crippen molar-refractivity contribution in [1.82, 2.24) is 0 Å². The third-order valence-corrected chi connectivity index (χ3v) is 2.00. The van der Waals surface area contributed by atoms with Gasteiger partial charge < -0.3 is 15.6 Å². The highest BCUT2D eigenvalue weighted by atomic mass is 16.5. The highest BCUT2D eigenvalue weighted by molar-refractivity contribution is 5.90. The molecule has 0 aliphatic rings. The molecular weight excluding hydrogens is 196 g/mol. The lowest BCUT2D eigenvalue weighted by atomic mass is 10.0. The maximum absolute atomic E-state index is 10.9. The van der Waals surface area contributed by atoms with Crippen molar-refractivity contribution in [2.45, 2.75) is 6.54 Å². The second-order valence-corrected chi connectivity index (χ2v) is 2.83. The van der Waals surface area contributed by atoms with Crippen LogP contribution in [0.4, 0.5) is 0 Å². The zero-order valence-electron chi connectivity index (χ0n) is 8.15. The summed E-state index contributed by atoms with van der Waals surface area (Å²) in [6.45, 7) is 0.0697. The van der Waals surface area contributed by atoms with E-state index in [9.17, 15) is 4.79 Å². The topological polar surface area (TPSA) is 96.3 Å². The van der Waals surface area contributed by atoms with E-state index in [1.165, 1.54) is 19.2 Å². The number of hydrogen-bond acceptors (Lipinski definition) is 4. The van der Waals surface area contributed by atoms with E-state index < -0.39 is 5.97 Å². The van der Waals surface area contributed by atoms with Gasteiger partial charge in [0, 0.05) is 6.54 Å². The average Bonchev–Trinajstić information content (AvgIpc) is 2.26. The number of methoxy groups -OCH3 is 1. The van der Waals surface area contributed by atoms with Gasteiger partial charge in [-0.05, 0) is 17.7 Å². The van der Waals surface area contributed by atoms with Gasteiger partial charge in [-0.25, -0.2) is 4.79 Å². The number of carboxylic acid groups (broad SMARTS) is 1. The van der Waals surface area contributed by atoms with Crippen molar-refractivity contribution in [2.75, 3.05) is 7.11 Å². The van der Waals surface area contributed by atoms with E-state index in [4.69, 9.17) is 20.8 Å². The van der Waals surface area contributed by atoms with Crippen LogP contribution >= 0.6 is 0 Å². The second-order valence-electron chi connectivity index (χ2n) is 2.83. The van der Waals surface area contributed by atoms with Crippen molar-refractivity contribution in [2.24, 2.45) is 5.73 Å². The number of ether oxygens (including phenoxy) is 1. The van der Waals surface area contributed by atoms with E-state index in [1.54, 1.807) is 0 Å². The van der Waals surface area contributed by atoms with Crippen LogP contribution in [0.15, 0.2) is 12.1 Å². The lowest BCUT2D eigenvalue weighted by Crippen LogP contribution is -2.08. The lowest BCUT2D eigenvalue weighted by molar-refractivity contribution is 0.0695. The van der Waals surface area contributed by atoms with Gasteiger partial charge in [0.05, 0.1) is 18.2 Å². The first kappa shape index (κ1) is 11.0.